The number of nitrogens with two attached hydrogens (primary N) is 9. The van der Waals surface area contributed by atoms with Gasteiger partial charge in [0.2, 0.25) is 0 Å². The Balaban J connectivity index is -0.000000165. The fourth-order valence-electron chi connectivity index (χ4n) is 8.04. The minimum absolute atomic E-state index is 0. The number of hydrogen-bond donors (Lipinski definition) is 22. The summed E-state index contributed by atoms with van der Waals surface area (Å²) < 4.78 is 10.4. The largest absolute Gasteiger partial charge is 0.480 e. The van der Waals surface area contributed by atoms with Gasteiger partial charge in [-0.2, -0.15) is 0 Å². The Hall–Kier alpha value is -6.39. The predicted molar refractivity (Wildman–Crippen MR) is 401 cm³/mol. The van der Waals surface area contributed by atoms with E-state index >= 15 is 0 Å². The number of aliphatic carboxylic acids is 7. The fourth-order valence-corrected chi connectivity index (χ4v) is 8.04. The minimum Gasteiger partial charge on any atom is -0.480 e. The van der Waals surface area contributed by atoms with Crippen molar-refractivity contribution in [3.8, 4) is 0 Å². The molecule has 8 atom stereocenters. The Labute approximate surface area is 597 Å². The SMILES string of the molecule is C.C=C(C)CC(N)CCC(N)C(=O)O.CC(=N)CCCCCCCC(N)C(=O)O.CC(=N)COCCCCCC(N)C(=O)O.CCCC(=N)CCC(N)C(=O)O.CCCC(=N)CCCCC(N)C(=O)O.CCCC(=N)CCOCCC(N)C(=O)O.N=C(CN)CCCCCCC(N)C(=O)O. The molecule has 0 saturated heterocycles. The molecular weight excluding hydrogens is 1290 g/mol. The van der Waals surface area contributed by atoms with Crippen molar-refractivity contribution in [3.05, 3.63) is 12.2 Å². The molecule has 8 unspecified atom stereocenters. The molecule has 0 aromatic carbocycles. The first-order chi connectivity index (χ1) is 46.3. The summed E-state index contributed by atoms with van der Waals surface area (Å²) in [4.78, 5) is 72.5. The predicted octanol–water partition coefficient (Wildman–Crippen LogP) is 8.80. The number of carboxylic acids is 7. The average Bonchev–Trinajstić information content (AvgIpc) is 2.05. The van der Waals surface area contributed by atoms with Gasteiger partial charge >= 0.3 is 41.8 Å². The lowest BCUT2D eigenvalue weighted by Crippen LogP contribution is -2.32. The van der Waals surface area contributed by atoms with E-state index in [2.05, 4.69) is 13.5 Å². The molecule has 588 valence electrons. The van der Waals surface area contributed by atoms with Crippen LogP contribution in [0.1, 0.15) is 267 Å². The van der Waals surface area contributed by atoms with Crippen molar-refractivity contribution in [2.24, 2.45) is 51.6 Å². The highest BCUT2D eigenvalue weighted by atomic mass is 16.5. The smallest absolute Gasteiger partial charge is 0.320 e. The summed E-state index contributed by atoms with van der Waals surface area (Å²) >= 11 is 0. The van der Waals surface area contributed by atoms with E-state index in [4.69, 9.17) is 129 Å². The maximum absolute atomic E-state index is 10.4. The van der Waals surface area contributed by atoms with E-state index < -0.39 is 84.1 Å². The van der Waals surface area contributed by atoms with Gasteiger partial charge in [-0.05, 0) is 149 Å². The van der Waals surface area contributed by atoms with Gasteiger partial charge in [-0.3, -0.25) is 33.6 Å². The lowest BCUT2D eigenvalue weighted by Gasteiger charge is -2.12. The first kappa shape index (κ1) is 110. The van der Waals surface area contributed by atoms with Gasteiger partial charge in [0.15, 0.2) is 0 Å². The van der Waals surface area contributed by atoms with Gasteiger partial charge in [-0.15, -0.1) is 6.58 Å². The molecule has 0 heterocycles. The van der Waals surface area contributed by atoms with E-state index in [1.54, 1.807) is 6.92 Å². The lowest BCUT2D eigenvalue weighted by atomic mass is 10.0. The van der Waals surface area contributed by atoms with Crippen molar-refractivity contribution in [2.45, 2.75) is 316 Å². The van der Waals surface area contributed by atoms with Crippen LogP contribution >= 0.6 is 0 Å². The highest BCUT2D eigenvalue weighted by Crippen LogP contribution is 2.11. The lowest BCUT2D eigenvalue weighted by molar-refractivity contribution is -0.139. The molecule has 0 saturated carbocycles. The summed E-state index contributed by atoms with van der Waals surface area (Å²) in [7, 11) is 0. The summed E-state index contributed by atoms with van der Waals surface area (Å²) in [6, 6.07) is -5.40. The van der Waals surface area contributed by atoms with E-state index in [0.29, 0.717) is 120 Å². The maximum atomic E-state index is 10.4. The first-order valence-electron chi connectivity index (χ1n) is 34.8. The Morgan fingerprint density at radius 1 is 0.340 bits per heavy atom. The number of rotatable bonds is 56. The van der Waals surface area contributed by atoms with Crippen LogP contribution in [0.4, 0.5) is 0 Å². The molecule has 0 radical (unpaired) electrons. The molecule has 0 aromatic rings. The first-order valence-corrected chi connectivity index (χ1v) is 34.8. The number of ether oxygens (including phenoxy) is 2. The molecule has 0 aromatic heterocycles. The molecule has 31 heteroatoms. The topological polar surface area (TPSA) is 657 Å². The van der Waals surface area contributed by atoms with E-state index in [1.807, 2.05) is 27.7 Å². The van der Waals surface area contributed by atoms with Crippen molar-refractivity contribution in [2.75, 3.05) is 33.0 Å². The van der Waals surface area contributed by atoms with Crippen molar-refractivity contribution < 1.29 is 78.8 Å². The fraction of sp³-hybridized carbons (Fsp3) is 0.783. The van der Waals surface area contributed by atoms with Crippen LogP contribution in [0.15, 0.2) is 12.2 Å². The Morgan fingerprint density at radius 2 is 0.650 bits per heavy atom. The zero-order valence-electron chi connectivity index (χ0n) is 60.9. The summed E-state index contributed by atoms with van der Waals surface area (Å²) in [6.45, 7) is 17.4. The van der Waals surface area contributed by atoms with E-state index in [-0.39, 0.29) is 13.5 Å². The number of carbonyl (C=O) groups is 7. The van der Waals surface area contributed by atoms with Crippen LogP contribution in [0.3, 0.4) is 0 Å². The molecule has 0 aliphatic carbocycles. The van der Waals surface area contributed by atoms with Crippen LogP contribution in [0.2, 0.25) is 0 Å². The van der Waals surface area contributed by atoms with Crippen LogP contribution < -0.4 is 51.6 Å². The number of nitrogens with one attached hydrogen (secondary N) is 6. The van der Waals surface area contributed by atoms with E-state index in [9.17, 15) is 33.6 Å². The molecule has 0 spiro atoms. The van der Waals surface area contributed by atoms with Crippen LogP contribution in [-0.2, 0) is 43.0 Å². The number of carboxylic acid groups (broad SMARTS) is 7. The number of hydrogen-bond acceptors (Lipinski definition) is 24. The Morgan fingerprint density at radius 3 is 1.02 bits per heavy atom. The van der Waals surface area contributed by atoms with Gasteiger partial charge in [-0.25, -0.2) is 0 Å². The van der Waals surface area contributed by atoms with Crippen molar-refractivity contribution in [3.63, 3.8) is 0 Å². The van der Waals surface area contributed by atoms with Gasteiger partial charge < -0.3 is 129 Å². The molecule has 0 aliphatic rings. The second kappa shape index (κ2) is 76.8. The van der Waals surface area contributed by atoms with Crippen molar-refractivity contribution in [1.29, 1.82) is 32.5 Å². The molecule has 31 N–H and O–H groups in total. The van der Waals surface area contributed by atoms with E-state index in [1.165, 1.54) is 0 Å². The van der Waals surface area contributed by atoms with Gasteiger partial charge in [0.05, 0.1) is 13.2 Å². The van der Waals surface area contributed by atoms with Gasteiger partial charge in [0.25, 0.3) is 0 Å². The monoisotopic (exact) mass is 1440 g/mol. The highest BCUT2D eigenvalue weighted by Gasteiger charge is 2.16. The van der Waals surface area contributed by atoms with Crippen molar-refractivity contribution >= 4 is 76.1 Å². The quantitative estimate of drug-likeness (QED) is 0.0153. The second-order valence-corrected chi connectivity index (χ2v) is 24.6. The van der Waals surface area contributed by atoms with Crippen molar-refractivity contribution in [1.82, 2.24) is 0 Å². The maximum Gasteiger partial charge on any atom is 0.320 e. The third-order valence-corrected chi connectivity index (χ3v) is 14.1. The molecule has 0 amide bonds. The molecular formula is C69H141N15O16. The average molecular weight is 1440 g/mol. The summed E-state index contributed by atoms with van der Waals surface area (Å²) in [5.74, 6) is -6.67. The minimum atomic E-state index is -1.00. The summed E-state index contributed by atoms with van der Waals surface area (Å²) in [5.41, 5.74) is 53.1. The third-order valence-electron chi connectivity index (χ3n) is 14.1. The highest BCUT2D eigenvalue weighted by molar-refractivity contribution is 5.84. The molecule has 0 aliphatic heterocycles. The number of unbranched alkanes of at least 4 members (excludes halogenated alkanes) is 10. The summed E-state index contributed by atoms with van der Waals surface area (Å²) in [6.07, 6.45) is 26.7. The van der Waals surface area contributed by atoms with Gasteiger partial charge in [-0.1, -0.05) is 117 Å². The third kappa shape index (κ3) is 91.6. The zero-order chi connectivity index (χ0) is 77.7. The molecule has 100 heavy (non-hydrogen) atoms. The van der Waals surface area contributed by atoms with Crippen LogP contribution in [0, 0.1) is 32.5 Å². The Bertz CT molecular complexity index is 2170. The van der Waals surface area contributed by atoms with Gasteiger partial charge in [0.1, 0.15) is 42.3 Å². The zero-order valence-corrected chi connectivity index (χ0v) is 60.9. The molecule has 0 rings (SSSR count). The molecule has 0 fully saturated rings. The molecule has 31 nitrogen and oxygen atoms in total. The summed E-state index contributed by atoms with van der Waals surface area (Å²) in [5, 5.41) is 104. The molecule has 0 bridgehead atoms. The second-order valence-electron chi connectivity index (χ2n) is 24.6. The van der Waals surface area contributed by atoms with Crippen LogP contribution in [0.5, 0.6) is 0 Å². The standard InChI is InChI=1S/C11H22N2O2.C10H21N3O2.2C10H20N2O3.C10H20N2O2.C9H18N2O2.C8H16N2O2.CH4/c1-9(12)7-5-3-2-4-6-8-10(13)11(14)15;11-7-8(12)5-3-1-2-4-6-9(13)10(14)15;1-8(11)7-15-6-4-2-3-5-9(12)10(13)14;1-2-3-8(11)4-6-15-7-5-9(12)10(13)14;1-2-5-8(11)6-3-4-7-9(12)10(13)14;1-6(2)5-7(10)3-4-8(11)9(12)13;1-2-3-6(9)4-5-7(10)8(11)12;/h10,12H,2-8,13H2,1H3,(H,14,15);9,12H,1-7,11,13H2,(H,14,15);2*9,11H,2-7,12H2,1H3,(H,13,14);9,11H,2-7,12H2,1H3,(H,13,14);7-8H,1,3-5,10-11H2,2H3,(H,12,13);7,9H,2-5,10H2,1H3,(H,11,12);1H4. The van der Waals surface area contributed by atoms with Crippen LogP contribution in [0.25, 0.3) is 0 Å². The van der Waals surface area contributed by atoms with Crippen LogP contribution in [-0.4, -0.2) is 193 Å². The normalized spacial score (nSPS) is 12.6. The van der Waals surface area contributed by atoms with E-state index in [0.717, 1.165) is 171 Å². The Kier molecular flexibility index (Phi) is 84.1. The van der Waals surface area contributed by atoms with Gasteiger partial charge in [0, 0.05) is 66.5 Å².